The molecule has 1 aliphatic rings. The van der Waals surface area contributed by atoms with Gasteiger partial charge in [-0.15, -0.1) is 0 Å². The van der Waals surface area contributed by atoms with Crippen molar-refractivity contribution in [3.63, 3.8) is 0 Å². The van der Waals surface area contributed by atoms with E-state index < -0.39 is 155 Å². The van der Waals surface area contributed by atoms with Gasteiger partial charge in [-0.1, -0.05) is 55.4 Å². The van der Waals surface area contributed by atoms with Gasteiger partial charge in [0, 0.05) is 37.6 Å². The lowest BCUT2D eigenvalue weighted by atomic mass is 9.81. The number of hydrogen-bond acceptors (Lipinski definition) is 18. The molecular formula is C56H84N12O16. The second-order valence-electron chi connectivity index (χ2n) is 22.5. The average molecular weight is 1180 g/mol. The minimum atomic E-state index is -1.42. The number of phenols is 2. The lowest BCUT2D eigenvalue weighted by molar-refractivity contribution is -0.140. The fraction of sp³-hybridized carbons (Fsp3) is 0.571. The SMILES string of the molecule is CC(C)C[C@H](NC(=O)[C@H](C)NC(=O)[C@H](CC(C)C)NC(=O)[C@@H](N)CC(=O)O)C(=O)NCCNc1ccc(NCCNC(=O)[C@H](CC(C)C)NC(=O)[C@H](C)NC(=O)[C@H](CC(C)C)NC(=O)[C@@H](N)CC(=O)O)c2c1C(=O)c1c(O)ccc(O)c1C2=O. The molecule has 0 unspecified atom stereocenters. The molecular weight excluding hydrogens is 1100 g/mol. The monoisotopic (exact) mass is 1180 g/mol. The number of carboxylic acid groups (broad SMARTS) is 2. The molecule has 464 valence electrons. The normalized spacial score (nSPS) is 14.7. The maximum Gasteiger partial charge on any atom is 0.305 e. The number of phenolic OH excluding ortho intramolecular Hbond substituents is 2. The molecule has 0 fully saturated rings. The number of carboxylic acids is 2. The minimum Gasteiger partial charge on any atom is -0.507 e. The number of nitrogens with two attached hydrogens (primary N) is 2. The molecule has 0 aliphatic heterocycles. The smallest absolute Gasteiger partial charge is 0.305 e. The summed E-state index contributed by atoms with van der Waals surface area (Å²) in [6.07, 6.45) is -0.719. The molecule has 2 aromatic rings. The van der Waals surface area contributed by atoms with Crippen LogP contribution in [0.4, 0.5) is 11.4 Å². The highest BCUT2D eigenvalue weighted by atomic mass is 16.4. The van der Waals surface area contributed by atoms with Gasteiger partial charge in [-0.05, 0) is 87.5 Å². The molecule has 0 saturated carbocycles. The van der Waals surface area contributed by atoms with Crippen molar-refractivity contribution in [3.8, 4) is 11.5 Å². The maximum atomic E-state index is 14.3. The Morgan fingerprint density at radius 1 is 0.393 bits per heavy atom. The number of benzene rings is 2. The summed E-state index contributed by atoms with van der Waals surface area (Å²) in [7, 11) is 0. The molecule has 8 amide bonds. The first-order valence-electron chi connectivity index (χ1n) is 27.9. The molecule has 0 heterocycles. The van der Waals surface area contributed by atoms with Crippen LogP contribution in [0.15, 0.2) is 24.3 Å². The number of anilines is 2. The summed E-state index contributed by atoms with van der Waals surface area (Å²) in [5.41, 5.74) is 10.3. The van der Waals surface area contributed by atoms with Crippen LogP contribution in [0.1, 0.15) is 140 Å². The van der Waals surface area contributed by atoms with Crippen molar-refractivity contribution < 1.29 is 78.0 Å². The van der Waals surface area contributed by atoms with Gasteiger partial charge in [0.2, 0.25) is 58.8 Å². The second kappa shape index (κ2) is 32.4. The number of aromatic hydroxyl groups is 2. The number of carbonyl (C=O) groups is 12. The summed E-state index contributed by atoms with van der Waals surface area (Å²) in [5, 5.41) is 66.5. The van der Waals surface area contributed by atoms with Gasteiger partial charge in [0.1, 0.15) is 47.8 Å². The van der Waals surface area contributed by atoms with E-state index in [1.54, 1.807) is 27.7 Å². The predicted octanol–water partition coefficient (Wildman–Crippen LogP) is -0.334. The lowest BCUT2D eigenvalue weighted by Gasteiger charge is -2.26. The Morgan fingerprint density at radius 3 is 0.964 bits per heavy atom. The Bertz CT molecular complexity index is 2590. The second-order valence-corrected chi connectivity index (χ2v) is 22.5. The van der Waals surface area contributed by atoms with Crippen molar-refractivity contribution in [2.75, 3.05) is 36.8 Å². The summed E-state index contributed by atoms with van der Waals surface area (Å²) in [4.78, 5) is 157. The fourth-order valence-electron chi connectivity index (χ4n) is 8.95. The fourth-order valence-corrected chi connectivity index (χ4v) is 8.95. The predicted molar refractivity (Wildman–Crippen MR) is 307 cm³/mol. The number of rotatable bonds is 34. The van der Waals surface area contributed by atoms with Gasteiger partial charge in [0.05, 0.1) is 47.2 Å². The third-order valence-corrected chi connectivity index (χ3v) is 13.1. The topological polar surface area (TPSA) is 458 Å². The zero-order valence-corrected chi connectivity index (χ0v) is 49.2. The number of carbonyl (C=O) groups excluding carboxylic acids is 10. The van der Waals surface area contributed by atoms with Gasteiger partial charge in [-0.25, -0.2) is 0 Å². The number of nitrogens with one attached hydrogen (secondary N) is 10. The number of amides is 8. The number of ketones is 2. The van der Waals surface area contributed by atoms with E-state index in [-0.39, 0.29) is 98.0 Å². The van der Waals surface area contributed by atoms with Gasteiger partial charge in [0.25, 0.3) is 0 Å². The summed E-state index contributed by atoms with van der Waals surface area (Å²) >= 11 is 0. The van der Waals surface area contributed by atoms with E-state index in [1.165, 1.54) is 26.0 Å². The Morgan fingerprint density at radius 2 is 0.679 bits per heavy atom. The first-order chi connectivity index (χ1) is 39.2. The Kier molecular flexibility index (Phi) is 27.0. The molecule has 0 radical (unpaired) electrons. The molecule has 28 heteroatoms. The molecule has 1 aliphatic carbocycles. The van der Waals surface area contributed by atoms with Crippen molar-refractivity contribution >= 4 is 82.1 Å². The highest BCUT2D eigenvalue weighted by Gasteiger charge is 2.39. The average Bonchev–Trinajstić information content (AvgIpc) is 2.05. The van der Waals surface area contributed by atoms with E-state index in [0.29, 0.717) is 0 Å². The molecule has 84 heavy (non-hydrogen) atoms. The van der Waals surface area contributed by atoms with Gasteiger partial charge in [-0.3, -0.25) is 57.5 Å². The molecule has 0 spiro atoms. The summed E-state index contributed by atoms with van der Waals surface area (Å²) in [6, 6.07) is -4.67. The largest absolute Gasteiger partial charge is 0.507 e. The number of hydrogen-bond donors (Lipinski definition) is 16. The third-order valence-electron chi connectivity index (χ3n) is 13.1. The molecule has 8 atom stereocenters. The molecule has 0 aromatic heterocycles. The molecule has 3 rings (SSSR count). The van der Waals surface area contributed by atoms with E-state index in [1.807, 2.05) is 27.7 Å². The Labute approximate surface area is 487 Å². The van der Waals surface area contributed by atoms with Crippen molar-refractivity contribution in [2.45, 2.75) is 156 Å². The van der Waals surface area contributed by atoms with E-state index in [4.69, 9.17) is 21.7 Å². The Hall–Kier alpha value is -8.40. The molecule has 2 aromatic carbocycles. The van der Waals surface area contributed by atoms with Crippen LogP contribution in [0, 0.1) is 23.7 Å². The van der Waals surface area contributed by atoms with Crippen LogP contribution in [0.5, 0.6) is 11.5 Å². The lowest BCUT2D eigenvalue weighted by Crippen LogP contribution is -2.57. The van der Waals surface area contributed by atoms with E-state index in [0.717, 1.165) is 12.1 Å². The standard InChI is InChI=1S/C56H84N12O16/c1-25(2)19-35(65-49(77)29(9)63-55(83)37(21-27(5)6)67-51(79)31(57)23-41(71)72)53(81)61-17-15-59-33-11-12-34(44-43(33)47(75)45-39(69)13-14-40(70)46(45)48(44)76)60-16-18-62-54(82)36(20-26(3)4)66-50(78)30(10)64-56(84)38(22-28(7)8)68-52(80)32(58)24-42(73)74/h11-14,25-32,35-38,59-60,69-70H,15-24,57-58H2,1-10H3,(H,61,81)(H,62,82)(H,63,83)(H,64,84)(H,65,77)(H,66,78)(H,67,79)(H,68,80)(H,71,72)(H,73,74)/t29-,30-,31-,32-,35-,36-,37-,38-/m0/s1. The van der Waals surface area contributed by atoms with Crippen LogP contribution in [0.25, 0.3) is 0 Å². The first kappa shape index (κ1) is 69.9. The minimum absolute atomic E-state index is 0.0489. The highest BCUT2D eigenvalue weighted by Crippen LogP contribution is 2.42. The zero-order chi connectivity index (χ0) is 63.4. The van der Waals surface area contributed by atoms with Crippen LogP contribution in [-0.2, 0) is 47.9 Å². The zero-order valence-electron chi connectivity index (χ0n) is 49.2. The van der Waals surface area contributed by atoms with Crippen LogP contribution in [-0.4, -0.2) is 166 Å². The van der Waals surface area contributed by atoms with Gasteiger partial charge in [-0.2, -0.15) is 0 Å². The van der Waals surface area contributed by atoms with Crippen molar-refractivity contribution in [3.05, 3.63) is 46.5 Å². The number of aliphatic carboxylic acids is 2. The van der Waals surface area contributed by atoms with Crippen molar-refractivity contribution in [1.82, 2.24) is 42.5 Å². The van der Waals surface area contributed by atoms with E-state index in [2.05, 4.69) is 53.2 Å². The summed E-state index contributed by atoms with van der Waals surface area (Å²) < 4.78 is 0. The summed E-state index contributed by atoms with van der Waals surface area (Å²) in [6.45, 7) is 16.9. The maximum absolute atomic E-state index is 14.3. The van der Waals surface area contributed by atoms with Crippen LogP contribution in [0.3, 0.4) is 0 Å². The Balaban J connectivity index is 1.74. The van der Waals surface area contributed by atoms with Crippen LogP contribution >= 0.6 is 0 Å². The summed E-state index contributed by atoms with van der Waals surface area (Å²) in [5.74, 6) is -11.7. The quantitative estimate of drug-likeness (QED) is 0.0269. The molecule has 0 bridgehead atoms. The molecule has 0 saturated heterocycles. The van der Waals surface area contributed by atoms with Crippen LogP contribution < -0.4 is 64.6 Å². The highest BCUT2D eigenvalue weighted by molar-refractivity contribution is 6.33. The number of fused-ring (bicyclic) bond motifs is 2. The molecule has 18 N–H and O–H groups in total. The van der Waals surface area contributed by atoms with Crippen molar-refractivity contribution in [1.29, 1.82) is 0 Å². The van der Waals surface area contributed by atoms with E-state index >= 15 is 0 Å². The first-order valence-corrected chi connectivity index (χ1v) is 27.9. The third kappa shape index (κ3) is 21.1. The van der Waals surface area contributed by atoms with E-state index in [9.17, 15) is 67.7 Å². The van der Waals surface area contributed by atoms with Crippen LogP contribution in [0.2, 0.25) is 0 Å². The van der Waals surface area contributed by atoms with Crippen molar-refractivity contribution in [2.24, 2.45) is 35.1 Å². The molecule has 28 nitrogen and oxygen atoms in total. The van der Waals surface area contributed by atoms with Gasteiger partial charge in [0.15, 0.2) is 0 Å². The van der Waals surface area contributed by atoms with Gasteiger partial charge >= 0.3 is 11.9 Å². The van der Waals surface area contributed by atoms with Gasteiger partial charge < -0.3 is 85.1 Å².